The first-order valence-corrected chi connectivity index (χ1v) is 5.09. The van der Waals surface area contributed by atoms with Crippen LogP contribution in [-0.4, -0.2) is 29.5 Å². The summed E-state index contributed by atoms with van der Waals surface area (Å²) in [5.41, 5.74) is -0.148. The van der Waals surface area contributed by atoms with Crippen molar-refractivity contribution in [2.75, 3.05) is 0 Å². The fourth-order valence-corrected chi connectivity index (χ4v) is 1.30. The van der Waals surface area contributed by atoms with E-state index in [2.05, 4.69) is 4.74 Å². The first kappa shape index (κ1) is 16.3. The Hall–Kier alpha value is -1.77. The number of hydrogen-bond donors (Lipinski definition) is 1. The molecule has 0 saturated heterocycles. The summed E-state index contributed by atoms with van der Waals surface area (Å²) in [6, 6.07) is 4.26. The van der Waals surface area contributed by atoms with Gasteiger partial charge in [0.15, 0.2) is 0 Å². The molecule has 0 radical (unpaired) electrons. The van der Waals surface area contributed by atoms with Crippen LogP contribution in [-0.2, 0) is 11.3 Å². The molecule has 0 aromatic heterocycles. The first-order valence-electron chi connectivity index (χ1n) is 5.09. The van der Waals surface area contributed by atoms with E-state index in [0.717, 1.165) is 24.3 Å². The Morgan fingerprint density at radius 1 is 1.05 bits per heavy atom. The van der Waals surface area contributed by atoms with E-state index >= 15 is 0 Å². The minimum absolute atomic E-state index is 0.00602. The van der Waals surface area contributed by atoms with Gasteiger partial charge in [-0.1, -0.05) is 12.1 Å². The van der Waals surface area contributed by atoms with Crippen molar-refractivity contribution in [3.63, 3.8) is 0 Å². The van der Waals surface area contributed by atoms with Crippen molar-refractivity contribution in [3.8, 4) is 0 Å². The van der Waals surface area contributed by atoms with Gasteiger partial charge in [-0.25, -0.2) is 4.79 Å². The minimum Gasteiger partial charge on any atom is -0.478 e. The average Bonchev–Trinajstić information content (AvgIpc) is 2.26. The molecule has 0 spiro atoms. The summed E-state index contributed by atoms with van der Waals surface area (Å²) in [7, 11) is 0. The van der Waals surface area contributed by atoms with Crippen LogP contribution in [0.5, 0.6) is 0 Å². The monoisotopic (exact) mass is 302 g/mol. The molecule has 20 heavy (non-hydrogen) atoms. The third-order valence-corrected chi connectivity index (χ3v) is 2.21. The normalized spacial score (nSPS) is 12.8. The second kappa shape index (κ2) is 5.70. The maximum absolute atomic E-state index is 12.2. The molecule has 1 N–H and O–H groups in total. The van der Waals surface area contributed by atoms with Gasteiger partial charge in [-0.2, -0.15) is 26.3 Å². The van der Waals surface area contributed by atoms with Crippen LogP contribution in [0.2, 0.25) is 0 Å². The van der Waals surface area contributed by atoms with Gasteiger partial charge < -0.3 is 9.84 Å². The van der Waals surface area contributed by atoms with Crippen molar-refractivity contribution in [2.45, 2.75) is 25.1 Å². The van der Waals surface area contributed by atoms with Crippen LogP contribution in [0.1, 0.15) is 15.9 Å². The molecule has 0 aliphatic heterocycles. The lowest BCUT2D eigenvalue weighted by Crippen LogP contribution is -2.44. The number of carboxylic acids is 1. The van der Waals surface area contributed by atoms with Crippen molar-refractivity contribution < 1.29 is 41.0 Å². The molecule has 0 heterocycles. The highest BCUT2D eigenvalue weighted by molar-refractivity contribution is 5.87. The molecule has 1 rings (SSSR count). The predicted molar refractivity (Wildman–Crippen MR) is 54.1 cm³/mol. The van der Waals surface area contributed by atoms with Gasteiger partial charge in [0.25, 0.3) is 0 Å². The van der Waals surface area contributed by atoms with E-state index in [1.54, 1.807) is 0 Å². The molecule has 0 saturated carbocycles. The molecular weight excluding hydrogens is 294 g/mol. The lowest BCUT2D eigenvalue weighted by atomic mass is 10.1. The van der Waals surface area contributed by atoms with Crippen LogP contribution >= 0.6 is 0 Å². The van der Waals surface area contributed by atoms with Crippen LogP contribution in [0.4, 0.5) is 26.3 Å². The lowest BCUT2D eigenvalue weighted by molar-refractivity contribution is -0.324. The van der Waals surface area contributed by atoms with Crippen LogP contribution in [0.25, 0.3) is 0 Å². The molecule has 9 heteroatoms. The fraction of sp³-hybridized carbons (Fsp3) is 0.364. The van der Waals surface area contributed by atoms with Gasteiger partial charge in [0.05, 0.1) is 12.2 Å². The Bertz CT molecular complexity index is 449. The van der Waals surface area contributed by atoms with E-state index in [1.165, 1.54) is 0 Å². The summed E-state index contributed by atoms with van der Waals surface area (Å²) >= 11 is 0. The highest BCUT2D eigenvalue weighted by Gasteiger charge is 2.57. The molecule has 1 aromatic rings. The third kappa shape index (κ3) is 4.41. The van der Waals surface area contributed by atoms with E-state index in [-0.39, 0.29) is 11.1 Å². The standard InChI is InChI=1S/C11H8F6O3/c12-10(13,14)9(11(15,16)17)20-5-6-1-3-7(4-2-6)8(18)19/h1-4,9H,5H2,(H,18,19). The Balaban J connectivity index is 2.76. The van der Waals surface area contributed by atoms with Crippen molar-refractivity contribution in [2.24, 2.45) is 0 Å². The molecule has 1 aromatic carbocycles. The zero-order valence-electron chi connectivity index (χ0n) is 9.63. The minimum atomic E-state index is -5.57. The zero-order chi connectivity index (χ0) is 15.6. The number of ether oxygens (including phenoxy) is 1. The molecule has 112 valence electrons. The third-order valence-electron chi connectivity index (χ3n) is 2.21. The van der Waals surface area contributed by atoms with E-state index in [4.69, 9.17) is 5.11 Å². The highest BCUT2D eigenvalue weighted by atomic mass is 19.4. The smallest absolute Gasteiger partial charge is 0.423 e. The van der Waals surface area contributed by atoms with E-state index in [1.807, 2.05) is 0 Å². The fourth-order valence-electron chi connectivity index (χ4n) is 1.30. The molecule has 0 aliphatic carbocycles. The van der Waals surface area contributed by atoms with Gasteiger partial charge in [0.2, 0.25) is 6.10 Å². The second-order valence-electron chi connectivity index (χ2n) is 3.78. The topological polar surface area (TPSA) is 46.5 Å². The predicted octanol–water partition coefficient (Wildman–Crippen LogP) is 3.39. The molecular formula is C11H8F6O3. The molecule has 0 amide bonds. The molecule has 0 fully saturated rings. The second-order valence-corrected chi connectivity index (χ2v) is 3.78. The Labute approximate surface area is 108 Å². The van der Waals surface area contributed by atoms with Gasteiger partial charge in [-0.15, -0.1) is 0 Å². The van der Waals surface area contributed by atoms with Crippen LogP contribution in [0, 0.1) is 0 Å². The molecule has 0 unspecified atom stereocenters. The number of rotatable bonds is 4. The number of alkyl halides is 6. The summed E-state index contributed by atoms with van der Waals surface area (Å²) in [6.45, 7) is -0.941. The van der Waals surface area contributed by atoms with Crippen LogP contribution in [0.3, 0.4) is 0 Å². The Morgan fingerprint density at radius 3 is 1.85 bits per heavy atom. The van der Waals surface area contributed by atoms with Crippen molar-refractivity contribution in [1.82, 2.24) is 0 Å². The largest absolute Gasteiger partial charge is 0.478 e. The van der Waals surface area contributed by atoms with E-state index < -0.39 is 31.0 Å². The maximum atomic E-state index is 12.2. The number of aromatic carboxylic acids is 1. The van der Waals surface area contributed by atoms with Crippen molar-refractivity contribution in [1.29, 1.82) is 0 Å². The lowest BCUT2D eigenvalue weighted by Gasteiger charge is -2.23. The van der Waals surface area contributed by atoms with Gasteiger partial charge in [-0.3, -0.25) is 0 Å². The summed E-state index contributed by atoms with van der Waals surface area (Å²) in [5.74, 6) is -1.26. The zero-order valence-corrected chi connectivity index (χ0v) is 9.63. The van der Waals surface area contributed by atoms with Gasteiger partial charge in [0, 0.05) is 0 Å². The molecule has 3 nitrogen and oxygen atoms in total. The van der Waals surface area contributed by atoms with Crippen LogP contribution < -0.4 is 0 Å². The highest BCUT2D eigenvalue weighted by Crippen LogP contribution is 2.36. The van der Waals surface area contributed by atoms with Crippen molar-refractivity contribution in [3.05, 3.63) is 35.4 Å². The van der Waals surface area contributed by atoms with Crippen molar-refractivity contribution >= 4 is 5.97 Å². The van der Waals surface area contributed by atoms with Gasteiger partial charge in [-0.05, 0) is 17.7 Å². The first-order chi connectivity index (χ1) is 9.01. The SMILES string of the molecule is O=C(O)c1ccc(COC(C(F)(F)F)C(F)(F)F)cc1. The summed E-state index contributed by atoms with van der Waals surface area (Å²) in [4.78, 5) is 10.5. The molecule has 0 bridgehead atoms. The molecule has 0 atom stereocenters. The number of hydrogen-bond acceptors (Lipinski definition) is 2. The summed E-state index contributed by atoms with van der Waals surface area (Å²) in [6.07, 6.45) is -15.0. The van der Waals surface area contributed by atoms with E-state index in [0.29, 0.717) is 0 Å². The Morgan fingerprint density at radius 2 is 1.50 bits per heavy atom. The number of benzene rings is 1. The number of halogens is 6. The summed E-state index contributed by atoms with van der Waals surface area (Å²) in [5, 5.41) is 8.58. The average molecular weight is 302 g/mol. The summed E-state index contributed by atoms with van der Waals surface area (Å²) < 4.78 is 76.9. The quantitative estimate of drug-likeness (QED) is 0.867. The van der Waals surface area contributed by atoms with Crippen LogP contribution in [0.15, 0.2) is 24.3 Å². The van der Waals surface area contributed by atoms with Gasteiger partial charge >= 0.3 is 18.3 Å². The van der Waals surface area contributed by atoms with Gasteiger partial charge in [0.1, 0.15) is 0 Å². The number of carboxylic acid groups (broad SMARTS) is 1. The number of carbonyl (C=O) groups is 1. The molecule has 0 aliphatic rings. The Kier molecular flexibility index (Phi) is 4.64. The van der Waals surface area contributed by atoms with E-state index in [9.17, 15) is 31.1 Å². The maximum Gasteiger partial charge on any atom is 0.423 e.